The first-order chi connectivity index (χ1) is 10.0. The molecular formula is C16H22N2O3. The van der Waals surface area contributed by atoms with Crippen molar-refractivity contribution in [3.63, 3.8) is 0 Å². The molecule has 0 spiro atoms. The van der Waals surface area contributed by atoms with Crippen molar-refractivity contribution in [1.82, 2.24) is 10.3 Å². The Morgan fingerprint density at radius 1 is 1.29 bits per heavy atom. The van der Waals surface area contributed by atoms with Crippen LogP contribution in [0.5, 0.6) is 0 Å². The van der Waals surface area contributed by atoms with Crippen LogP contribution in [0.3, 0.4) is 0 Å². The summed E-state index contributed by atoms with van der Waals surface area (Å²) in [5.41, 5.74) is 1.08. The van der Waals surface area contributed by atoms with Gasteiger partial charge in [0.1, 0.15) is 0 Å². The van der Waals surface area contributed by atoms with Crippen LogP contribution in [0.4, 0.5) is 0 Å². The van der Waals surface area contributed by atoms with Gasteiger partial charge in [0.15, 0.2) is 0 Å². The Labute approximate surface area is 124 Å². The van der Waals surface area contributed by atoms with Crippen molar-refractivity contribution >= 4 is 11.9 Å². The molecule has 2 rings (SSSR count). The topological polar surface area (TPSA) is 79.3 Å². The largest absolute Gasteiger partial charge is 0.481 e. The van der Waals surface area contributed by atoms with Crippen LogP contribution in [0.15, 0.2) is 18.3 Å². The van der Waals surface area contributed by atoms with E-state index in [9.17, 15) is 9.59 Å². The number of carbonyl (C=O) groups is 2. The summed E-state index contributed by atoms with van der Waals surface area (Å²) in [5.74, 6) is -0.971. The molecule has 5 heteroatoms. The molecule has 1 amide bonds. The molecule has 0 aromatic carbocycles. The lowest BCUT2D eigenvalue weighted by Gasteiger charge is -2.36. The quantitative estimate of drug-likeness (QED) is 0.873. The van der Waals surface area contributed by atoms with Crippen molar-refractivity contribution < 1.29 is 14.7 Å². The van der Waals surface area contributed by atoms with E-state index in [-0.39, 0.29) is 17.7 Å². The number of hydrogen-bond acceptors (Lipinski definition) is 3. The maximum Gasteiger partial charge on any atom is 0.303 e. The zero-order valence-electron chi connectivity index (χ0n) is 12.4. The summed E-state index contributed by atoms with van der Waals surface area (Å²) < 4.78 is 0. The number of nitrogens with zero attached hydrogens (tertiary/aromatic N) is 1. The molecule has 21 heavy (non-hydrogen) atoms. The average Bonchev–Trinajstić information content (AvgIpc) is 2.46. The number of aromatic nitrogens is 1. The second-order valence-corrected chi connectivity index (χ2v) is 6.00. The monoisotopic (exact) mass is 290 g/mol. The van der Waals surface area contributed by atoms with Gasteiger partial charge >= 0.3 is 5.97 Å². The molecule has 1 fully saturated rings. The van der Waals surface area contributed by atoms with Crippen LogP contribution in [0, 0.1) is 12.3 Å². The summed E-state index contributed by atoms with van der Waals surface area (Å²) in [6.45, 7) is 2.29. The molecule has 114 valence electrons. The Morgan fingerprint density at radius 2 is 2.00 bits per heavy atom. The second kappa shape index (κ2) is 6.70. The van der Waals surface area contributed by atoms with Crippen LogP contribution in [0.2, 0.25) is 0 Å². The number of carboxylic acid groups (broad SMARTS) is 1. The van der Waals surface area contributed by atoms with Gasteiger partial charge in [-0.3, -0.25) is 14.6 Å². The van der Waals surface area contributed by atoms with Crippen LogP contribution in [0.25, 0.3) is 0 Å². The van der Waals surface area contributed by atoms with Gasteiger partial charge in [0, 0.05) is 18.4 Å². The number of aryl methyl sites for hydroxylation is 1. The average molecular weight is 290 g/mol. The number of aliphatic carboxylic acids is 1. The van der Waals surface area contributed by atoms with Gasteiger partial charge in [-0.2, -0.15) is 0 Å². The van der Waals surface area contributed by atoms with Gasteiger partial charge in [0.2, 0.25) is 0 Å². The first-order valence-corrected chi connectivity index (χ1v) is 7.43. The first-order valence-electron chi connectivity index (χ1n) is 7.43. The van der Waals surface area contributed by atoms with Crippen LogP contribution in [-0.4, -0.2) is 28.5 Å². The lowest BCUT2D eigenvalue weighted by Crippen LogP contribution is -2.40. The van der Waals surface area contributed by atoms with Crippen LogP contribution in [-0.2, 0) is 4.79 Å². The van der Waals surface area contributed by atoms with Crippen molar-refractivity contribution in [3.8, 4) is 0 Å². The molecule has 0 atom stereocenters. The zero-order chi connectivity index (χ0) is 15.3. The van der Waals surface area contributed by atoms with Crippen LogP contribution in [0.1, 0.15) is 54.6 Å². The van der Waals surface area contributed by atoms with Crippen molar-refractivity contribution in [2.45, 2.75) is 45.4 Å². The molecule has 0 saturated heterocycles. The van der Waals surface area contributed by atoms with Gasteiger partial charge in [-0.05, 0) is 37.3 Å². The van der Waals surface area contributed by atoms with E-state index in [2.05, 4.69) is 10.3 Å². The molecule has 0 unspecified atom stereocenters. The summed E-state index contributed by atoms with van der Waals surface area (Å²) in [7, 11) is 0. The van der Waals surface area contributed by atoms with Crippen molar-refractivity contribution in [1.29, 1.82) is 0 Å². The summed E-state index contributed by atoms with van der Waals surface area (Å²) in [6.07, 6.45) is 6.63. The molecule has 2 N–H and O–H groups in total. The highest BCUT2D eigenvalue weighted by atomic mass is 16.4. The van der Waals surface area contributed by atoms with Crippen molar-refractivity contribution in [2.24, 2.45) is 5.41 Å². The van der Waals surface area contributed by atoms with Gasteiger partial charge in [0.25, 0.3) is 5.91 Å². The predicted octanol–water partition coefficient (Wildman–Crippen LogP) is 2.55. The summed E-state index contributed by atoms with van der Waals surface area (Å²) in [4.78, 5) is 27.3. The van der Waals surface area contributed by atoms with E-state index in [1.807, 2.05) is 6.92 Å². The Balaban J connectivity index is 1.99. The maximum absolute atomic E-state index is 12.1. The lowest BCUT2D eigenvalue weighted by molar-refractivity contribution is -0.140. The van der Waals surface area contributed by atoms with Gasteiger partial charge in [-0.1, -0.05) is 19.3 Å². The number of carbonyl (C=O) groups excluding carboxylic acids is 1. The first kappa shape index (κ1) is 15.5. The predicted molar refractivity (Wildman–Crippen MR) is 79.1 cm³/mol. The third kappa shape index (κ3) is 4.28. The minimum atomic E-state index is -0.789. The lowest BCUT2D eigenvalue weighted by atomic mass is 9.71. The Hall–Kier alpha value is -1.91. The minimum absolute atomic E-state index is 0.124. The summed E-state index contributed by atoms with van der Waals surface area (Å²) >= 11 is 0. The molecule has 1 saturated carbocycles. The molecule has 0 radical (unpaired) electrons. The van der Waals surface area contributed by atoms with Gasteiger partial charge < -0.3 is 10.4 Å². The number of hydrogen-bond donors (Lipinski definition) is 2. The summed E-state index contributed by atoms with van der Waals surface area (Å²) in [6, 6.07) is 3.53. The molecular weight excluding hydrogens is 268 g/mol. The highest BCUT2D eigenvalue weighted by Gasteiger charge is 2.34. The van der Waals surface area contributed by atoms with Crippen LogP contribution < -0.4 is 5.32 Å². The highest BCUT2D eigenvalue weighted by molar-refractivity contribution is 5.93. The van der Waals surface area contributed by atoms with E-state index >= 15 is 0 Å². The van der Waals surface area contributed by atoms with Gasteiger partial charge in [0.05, 0.1) is 12.0 Å². The number of nitrogens with one attached hydrogen (secondary N) is 1. The Bertz CT molecular complexity index is 505. The second-order valence-electron chi connectivity index (χ2n) is 6.00. The third-order valence-corrected chi connectivity index (χ3v) is 4.24. The summed E-state index contributed by atoms with van der Waals surface area (Å²) in [5, 5.41) is 12.0. The van der Waals surface area contributed by atoms with Crippen LogP contribution >= 0.6 is 0 Å². The molecule has 1 aromatic heterocycles. The minimum Gasteiger partial charge on any atom is -0.481 e. The molecule has 0 aliphatic heterocycles. The van der Waals surface area contributed by atoms with E-state index in [1.54, 1.807) is 18.3 Å². The van der Waals surface area contributed by atoms with E-state index in [0.717, 1.165) is 37.8 Å². The molecule has 1 aliphatic carbocycles. The van der Waals surface area contributed by atoms with E-state index in [4.69, 9.17) is 5.11 Å². The van der Waals surface area contributed by atoms with Gasteiger partial charge in [-0.15, -0.1) is 0 Å². The fourth-order valence-corrected chi connectivity index (χ4v) is 3.01. The van der Waals surface area contributed by atoms with Crippen molar-refractivity contribution in [3.05, 3.63) is 29.6 Å². The number of amides is 1. The SMILES string of the molecule is Cc1ccc(C(=O)NCC2(CC(=O)O)CCCCC2)cn1. The fraction of sp³-hybridized carbons (Fsp3) is 0.562. The number of carboxylic acids is 1. The number of pyridine rings is 1. The van der Waals surface area contributed by atoms with E-state index < -0.39 is 5.97 Å². The normalized spacial score (nSPS) is 17.2. The van der Waals surface area contributed by atoms with Gasteiger partial charge in [-0.25, -0.2) is 0 Å². The fourth-order valence-electron chi connectivity index (χ4n) is 3.01. The molecule has 5 nitrogen and oxygen atoms in total. The Morgan fingerprint density at radius 3 is 2.57 bits per heavy atom. The molecule has 0 bridgehead atoms. The standard InChI is InChI=1S/C16H22N2O3/c1-12-5-6-13(10-17-12)15(21)18-11-16(9-14(19)20)7-3-2-4-8-16/h5-6,10H,2-4,7-9,11H2,1H3,(H,18,21)(H,19,20). The maximum atomic E-state index is 12.1. The number of rotatable bonds is 5. The third-order valence-electron chi connectivity index (χ3n) is 4.24. The van der Waals surface area contributed by atoms with Crippen molar-refractivity contribution in [2.75, 3.05) is 6.54 Å². The van der Waals surface area contributed by atoms with E-state index in [0.29, 0.717) is 12.1 Å². The smallest absolute Gasteiger partial charge is 0.303 e. The highest BCUT2D eigenvalue weighted by Crippen LogP contribution is 2.38. The molecule has 1 aromatic rings. The molecule has 1 aliphatic rings. The van der Waals surface area contributed by atoms with E-state index in [1.165, 1.54) is 0 Å². The zero-order valence-corrected chi connectivity index (χ0v) is 12.4. The molecule has 1 heterocycles. The Kier molecular flexibility index (Phi) is 4.94.